The third-order valence-electron chi connectivity index (χ3n) is 2.43. The summed E-state index contributed by atoms with van der Waals surface area (Å²) in [5.74, 6) is 0. The van der Waals surface area contributed by atoms with Crippen molar-refractivity contribution in [1.29, 1.82) is 0 Å². The van der Waals surface area contributed by atoms with E-state index < -0.39 is 6.10 Å². The maximum Gasteiger partial charge on any atom is 0.317 e. The molecule has 0 spiro atoms. The number of nitrogens with zero attached hydrogens (tertiary/aromatic N) is 1. The van der Waals surface area contributed by atoms with Gasteiger partial charge in [-0.15, -0.1) is 6.58 Å². The summed E-state index contributed by atoms with van der Waals surface area (Å²) >= 11 is 0. The highest BCUT2D eigenvalue weighted by Crippen LogP contribution is 1.94. The Morgan fingerprint density at radius 1 is 1.71 bits per heavy atom. The number of hydrogen-bond acceptors (Lipinski definition) is 4. The Labute approximate surface area is 102 Å². The van der Waals surface area contributed by atoms with E-state index in [2.05, 4.69) is 17.2 Å². The van der Waals surface area contributed by atoms with E-state index in [-0.39, 0.29) is 6.03 Å². The van der Waals surface area contributed by atoms with Crippen molar-refractivity contribution < 1.29 is 14.6 Å². The number of hydrogen-bond donors (Lipinski definition) is 3. The van der Waals surface area contributed by atoms with Gasteiger partial charge in [0, 0.05) is 32.7 Å². The fourth-order valence-electron chi connectivity index (χ4n) is 1.55. The van der Waals surface area contributed by atoms with Crippen LogP contribution in [-0.2, 0) is 4.74 Å². The van der Waals surface area contributed by atoms with E-state index in [1.165, 1.54) is 0 Å². The second-order valence-electron chi connectivity index (χ2n) is 3.90. The topological polar surface area (TPSA) is 73.8 Å². The van der Waals surface area contributed by atoms with Crippen LogP contribution < -0.4 is 10.6 Å². The predicted octanol–water partition coefficient (Wildman–Crippen LogP) is -0.835. The number of rotatable bonds is 9. The maximum atomic E-state index is 11.2. The number of amides is 2. The first kappa shape index (κ1) is 14.0. The van der Waals surface area contributed by atoms with Gasteiger partial charge in [0.2, 0.25) is 0 Å². The summed E-state index contributed by atoms with van der Waals surface area (Å²) in [7, 11) is 0. The third-order valence-corrected chi connectivity index (χ3v) is 2.43. The van der Waals surface area contributed by atoms with Crippen LogP contribution in [-0.4, -0.2) is 68.1 Å². The monoisotopic (exact) mass is 243 g/mol. The molecule has 1 unspecified atom stereocenters. The molecule has 0 saturated carbocycles. The Morgan fingerprint density at radius 2 is 2.53 bits per heavy atom. The molecule has 98 valence electrons. The highest BCUT2D eigenvalue weighted by molar-refractivity contribution is 5.76. The zero-order chi connectivity index (χ0) is 12.5. The summed E-state index contributed by atoms with van der Waals surface area (Å²) < 4.78 is 5.11. The average molecular weight is 243 g/mol. The minimum absolute atomic E-state index is 0.0123. The van der Waals surface area contributed by atoms with Gasteiger partial charge in [0.25, 0.3) is 0 Å². The van der Waals surface area contributed by atoms with Gasteiger partial charge < -0.3 is 25.4 Å². The fraction of sp³-hybridized carbons (Fsp3) is 0.727. The minimum Gasteiger partial charge on any atom is -0.389 e. The molecule has 1 aliphatic rings. The van der Waals surface area contributed by atoms with Gasteiger partial charge >= 0.3 is 6.03 Å². The lowest BCUT2D eigenvalue weighted by molar-refractivity contribution is 0.0494. The van der Waals surface area contributed by atoms with E-state index in [9.17, 15) is 9.90 Å². The Balaban J connectivity index is 1.96. The van der Waals surface area contributed by atoms with E-state index in [1.54, 1.807) is 11.0 Å². The van der Waals surface area contributed by atoms with Gasteiger partial charge in [0.1, 0.15) is 0 Å². The number of nitrogens with one attached hydrogen (secondary N) is 2. The summed E-state index contributed by atoms with van der Waals surface area (Å²) in [6.07, 6.45) is 1.12. The van der Waals surface area contributed by atoms with Crippen molar-refractivity contribution in [2.45, 2.75) is 6.10 Å². The number of carbonyl (C=O) groups excluding carboxylic acids is 1. The Kier molecular flexibility index (Phi) is 6.61. The van der Waals surface area contributed by atoms with Crippen molar-refractivity contribution in [3.63, 3.8) is 0 Å². The van der Waals surface area contributed by atoms with Crippen LogP contribution in [0.3, 0.4) is 0 Å². The van der Waals surface area contributed by atoms with E-state index >= 15 is 0 Å². The Bertz CT molecular complexity index is 248. The minimum atomic E-state index is -0.526. The molecule has 6 heteroatoms. The van der Waals surface area contributed by atoms with Crippen LogP contribution in [0.5, 0.6) is 0 Å². The van der Waals surface area contributed by atoms with Crippen molar-refractivity contribution in [2.24, 2.45) is 0 Å². The van der Waals surface area contributed by atoms with Gasteiger partial charge in [0.15, 0.2) is 0 Å². The average Bonchev–Trinajstić information content (AvgIpc) is 2.71. The number of carbonyl (C=O) groups is 1. The Morgan fingerprint density at radius 3 is 3.18 bits per heavy atom. The van der Waals surface area contributed by atoms with Crippen LogP contribution in [0.2, 0.25) is 0 Å². The van der Waals surface area contributed by atoms with Crippen molar-refractivity contribution in [3.8, 4) is 0 Å². The molecule has 1 saturated heterocycles. The molecule has 6 nitrogen and oxygen atoms in total. The molecule has 0 aromatic carbocycles. The molecule has 1 aliphatic heterocycles. The van der Waals surface area contributed by atoms with Crippen LogP contribution in [0.25, 0.3) is 0 Å². The third kappa shape index (κ3) is 5.67. The fourth-order valence-corrected chi connectivity index (χ4v) is 1.55. The van der Waals surface area contributed by atoms with Gasteiger partial charge in [0.05, 0.1) is 19.3 Å². The predicted molar refractivity (Wildman–Crippen MR) is 64.9 cm³/mol. The van der Waals surface area contributed by atoms with Gasteiger partial charge in [-0.25, -0.2) is 4.79 Å². The van der Waals surface area contributed by atoms with Crippen LogP contribution >= 0.6 is 0 Å². The smallest absolute Gasteiger partial charge is 0.317 e. The van der Waals surface area contributed by atoms with Gasteiger partial charge in [-0.2, -0.15) is 0 Å². The summed E-state index contributed by atoms with van der Waals surface area (Å²) in [5.41, 5.74) is 0. The SMILES string of the molecule is C=CCOCC(O)CNCCN1CCNC1=O. The molecule has 2 amide bonds. The first-order chi connectivity index (χ1) is 8.24. The van der Waals surface area contributed by atoms with E-state index in [0.717, 1.165) is 13.1 Å². The van der Waals surface area contributed by atoms with E-state index in [0.29, 0.717) is 32.8 Å². The highest BCUT2D eigenvalue weighted by atomic mass is 16.5. The number of aliphatic hydroxyl groups excluding tert-OH is 1. The standard InChI is InChI=1S/C11H21N3O3/c1-2-7-17-9-10(15)8-12-3-5-14-6-4-13-11(14)16/h2,10,12,15H,1,3-9H2,(H,13,16). The molecular weight excluding hydrogens is 222 g/mol. The zero-order valence-corrected chi connectivity index (χ0v) is 10.0. The zero-order valence-electron chi connectivity index (χ0n) is 10.0. The molecular formula is C11H21N3O3. The van der Waals surface area contributed by atoms with E-state index in [1.807, 2.05) is 0 Å². The molecule has 1 fully saturated rings. The molecule has 0 radical (unpaired) electrons. The molecule has 0 aromatic heterocycles. The first-order valence-corrected chi connectivity index (χ1v) is 5.84. The summed E-state index contributed by atoms with van der Waals surface area (Å²) in [5, 5.41) is 15.3. The Hall–Kier alpha value is -1.11. The van der Waals surface area contributed by atoms with Gasteiger partial charge in [-0.3, -0.25) is 0 Å². The van der Waals surface area contributed by atoms with Crippen LogP contribution in [0, 0.1) is 0 Å². The number of ether oxygens (including phenoxy) is 1. The highest BCUT2D eigenvalue weighted by Gasteiger charge is 2.18. The van der Waals surface area contributed by atoms with Crippen LogP contribution in [0.15, 0.2) is 12.7 Å². The lowest BCUT2D eigenvalue weighted by Gasteiger charge is -2.16. The molecule has 3 N–H and O–H groups in total. The second kappa shape index (κ2) is 8.05. The van der Waals surface area contributed by atoms with E-state index in [4.69, 9.17) is 4.74 Å². The molecule has 1 rings (SSSR count). The maximum absolute atomic E-state index is 11.2. The normalized spacial score (nSPS) is 17.0. The lowest BCUT2D eigenvalue weighted by atomic mass is 10.3. The molecule has 0 aromatic rings. The van der Waals surface area contributed by atoms with Crippen molar-refractivity contribution >= 4 is 6.03 Å². The molecule has 1 atom stereocenters. The van der Waals surface area contributed by atoms with Crippen molar-refractivity contribution in [3.05, 3.63) is 12.7 Å². The molecule has 0 bridgehead atoms. The number of aliphatic hydroxyl groups is 1. The molecule has 17 heavy (non-hydrogen) atoms. The number of urea groups is 1. The first-order valence-electron chi connectivity index (χ1n) is 5.84. The lowest BCUT2D eigenvalue weighted by Crippen LogP contribution is -2.38. The quantitative estimate of drug-likeness (QED) is 0.365. The summed E-state index contributed by atoms with van der Waals surface area (Å²) in [6, 6.07) is -0.0123. The van der Waals surface area contributed by atoms with Gasteiger partial charge in [-0.05, 0) is 0 Å². The molecule has 1 heterocycles. The second-order valence-corrected chi connectivity index (χ2v) is 3.90. The summed E-state index contributed by atoms with van der Waals surface area (Å²) in [4.78, 5) is 12.9. The van der Waals surface area contributed by atoms with Gasteiger partial charge in [-0.1, -0.05) is 6.08 Å². The van der Waals surface area contributed by atoms with Crippen molar-refractivity contribution in [2.75, 3.05) is 45.9 Å². The van der Waals surface area contributed by atoms with Crippen LogP contribution in [0.4, 0.5) is 4.79 Å². The summed E-state index contributed by atoms with van der Waals surface area (Å²) in [6.45, 7) is 7.53. The van der Waals surface area contributed by atoms with Crippen molar-refractivity contribution in [1.82, 2.24) is 15.5 Å². The molecule has 0 aliphatic carbocycles. The van der Waals surface area contributed by atoms with Crippen LogP contribution in [0.1, 0.15) is 0 Å². The largest absolute Gasteiger partial charge is 0.389 e.